The van der Waals surface area contributed by atoms with Crippen LogP contribution >= 0.6 is 0 Å². The normalized spacial score (nSPS) is 10.8. The maximum absolute atomic E-state index is 11.5. The van der Waals surface area contributed by atoms with Gasteiger partial charge in [0.15, 0.2) is 0 Å². The first kappa shape index (κ1) is 16.3. The van der Waals surface area contributed by atoms with E-state index in [1.165, 1.54) is 31.8 Å². The summed E-state index contributed by atoms with van der Waals surface area (Å²) in [5, 5.41) is 0. The molecular formula is C17H25NO2. The summed E-state index contributed by atoms with van der Waals surface area (Å²) in [6.45, 7) is 2.71. The summed E-state index contributed by atoms with van der Waals surface area (Å²) < 4.78 is 5.14. The van der Waals surface area contributed by atoms with Crippen LogP contribution in [-0.2, 0) is 9.53 Å². The predicted octanol–water partition coefficient (Wildman–Crippen LogP) is 4.19. The molecule has 0 spiro atoms. The van der Waals surface area contributed by atoms with Crippen molar-refractivity contribution in [1.29, 1.82) is 0 Å². The monoisotopic (exact) mass is 275 g/mol. The van der Waals surface area contributed by atoms with Gasteiger partial charge in [0.1, 0.15) is 0 Å². The first-order valence-corrected chi connectivity index (χ1v) is 7.42. The van der Waals surface area contributed by atoms with E-state index in [4.69, 9.17) is 10.5 Å². The van der Waals surface area contributed by atoms with Gasteiger partial charge in [0, 0.05) is 11.8 Å². The second-order valence-corrected chi connectivity index (χ2v) is 4.94. The summed E-state index contributed by atoms with van der Waals surface area (Å²) in [6, 6.07) is 7.35. The minimum absolute atomic E-state index is 0.282. The summed E-state index contributed by atoms with van der Waals surface area (Å²) >= 11 is 0. The largest absolute Gasteiger partial charge is 0.463 e. The molecule has 0 aliphatic heterocycles. The molecule has 20 heavy (non-hydrogen) atoms. The van der Waals surface area contributed by atoms with E-state index in [0.29, 0.717) is 12.3 Å². The number of unbranched alkanes of at least 4 members (excludes halogenated alkanes) is 5. The highest BCUT2D eigenvalue weighted by Gasteiger charge is 1.97. The number of nitrogens with two attached hydrogens (primary N) is 1. The quantitative estimate of drug-likeness (QED) is 0.318. The van der Waals surface area contributed by atoms with Crippen molar-refractivity contribution in [2.45, 2.75) is 45.4 Å². The zero-order chi connectivity index (χ0) is 14.6. The van der Waals surface area contributed by atoms with Crippen LogP contribution in [0.2, 0.25) is 0 Å². The van der Waals surface area contributed by atoms with Crippen molar-refractivity contribution >= 4 is 17.7 Å². The molecule has 0 bridgehead atoms. The highest BCUT2D eigenvalue weighted by Crippen LogP contribution is 2.07. The van der Waals surface area contributed by atoms with Gasteiger partial charge in [-0.15, -0.1) is 0 Å². The van der Waals surface area contributed by atoms with Gasteiger partial charge < -0.3 is 10.5 Å². The first-order valence-electron chi connectivity index (χ1n) is 7.42. The fourth-order valence-electron chi connectivity index (χ4n) is 1.87. The average Bonchev–Trinajstić information content (AvgIpc) is 2.46. The van der Waals surface area contributed by atoms with E-state index in [0.717, 1.165) is 18.4 Å². The van der Waals surface area contributed by atoms with Gasteiger partial charge in [0.05, 0.1) is 6.61 Å². The third kappa shape index (κ3) is 7.62. The van der Waals surface area contributed by atoms with Crippen molar-refractivity contribution in [3.63, 3.8) is 0 Å². The van der Waals surface area contributed by atoms with E-state index in [1.807, 2.05) is 12.1 Å². The second-order valence-electron chi connectivity index (χ2n) is 4.94. The highest BCUT2D eigenvalue weighted by atomic mass is 16.5. The van der Waals surface area contributed by atoms with Crippen LogP contribution in [0.25, 0.3) is 6.08 Å². The van der Waals surface area contributed by atoms with Crippen LogP contribution in [0.1, 0.15) is 51.0 Å². The second kappa shape index (κ2) is 10.1. The van der Waals surface area contributed by atoms with Crippen molar-refractivity contribution in [1.82, 2.24) is 0 Å². The van der Waals surface area contributed by atoms with Crippen molar-refractivity contribution in [2.24, 2.45) is 0 Å². The number of hydrogen-bond acceptors (Lipinski definition) is 3. The van der Waals surface area contributed by atoms with Gasteiger partial charge >= 0.3 is 5.97 Å². The number of esters is 1. The Bertz CT molecular complexity index is 410. The zero-order valence-electron chi connectivity index (χ0n) is 12.3. The number of ether oxygens (including phenoxy) is 1. The molecule has 0 aliphatic carbocycles. The molecule has 0 heterocycles. The van der Waals surface area contributed by atoms with Crippen LogP contribution in [-0.4, -0.2) is 12.6 Å². The molecule has 0 fully saturated rings. The third-order valence-electron chi connectivity index (χ3n) is 3.09. The molecule has 1 aromatic rings. The minimum Gasteiger partial charge on any atom is -0.463 e. The standard InChI is InChI=1S/C17H25NO2/c1-2-3-4-5-6-7-14-20-17(19)13-10-15-8-11-16(18)12-9-15/h8-13H,2-7,14,18H2,1H3/b13-10+. The number of rotatable bonds is 9. The molecule has 1 aromatic carbocycles. The molecule has 110 valence electrons. The Morgan fingerprint density at radius 2 is 1.75 bits per heavy atom. The summed E-state index contributed by atoms with van der Waals surface area (Å²) in [5.74, 6) is -0.282. The zero-order valence-corrected chi connectivity index (χ0v) is 12.3. The van der Waals surface area contributed by atoms with Gasteiger partial charge in [0.2, 0.25) is 0 Å². The molecule has 3 heteroatoms. The number of hydrogen-bond donors (Lipinski definition) is 1. The molecule has 0 unspecified atom stereocenters. The van der Waals surface area contributed by atoms with Crippen LogP contribution in [0.4, 0.5) is 5.69 Å². The lowest BCUT2D eigenvalue weighted by Crippen LogP contribution is -2.02. The van der Waals surface area contributed by atoms with Crippen LogP contribution in [0.3, 0.4) is 0 Å². The molecule has 0 aliphatic rings. The van der Waals surface area contributed by atoms with E-state index in [2.05, 4.69) is 6.92 Å². The molecular weight excluding hydrogens is 250 g/mol. The number of anilines is 1. The van der Waals surface area contributed by atoms with Crippen molar-refractivity contribution in [2.75, 3.05) is 12.3 Å². The van der Waals surface area contributed by atoms with E-state index < -0.39 is 0 Å². The van der Waals surface area contributed by atoms with Crippen LogP contribution < -0.4 is 5.73 Å². The van der Waals surface area contributed by atoms with Crippen molar-refractivity contribution < 1.29 is 9.53 Å². The molecule has 0 saturated heterocycles. The van der Waals surface area contributed by atoms with Gasteiger partial charge in [-0.25, -0.2) is 4.79 Å². The predicted molar refractivity (Wildman–Crippen MR) is 84.2 cm³/mol. The fraction of sp³-hybridized carbons (Fsp3) is 0.471. The van der Waals surface area contributed by atoms with Gasteiger partial charge in [-0.05, 0) is 30.2 Å². The summed E-state index contributed by atoms with van der Waals surface area (Å²) in [5.41, 5.74) is 7.25. The van der Waals surface area contributed by atoms with E-state index in [9.17, 15) is 4.79 Å². The Morgan fingerprint density at radius 1 is 1.10 bits per heavy atom. The van der Waals surface area contributed by atoms with Crippen LogP contribution in [0, 0.1) is 0 Å². The average molecular weight is 275 g/mol. The van der Waals surface area contributed by atoms with E-state index >= 15 is 0 Å². The lowest BCUT2D eigenvalue weighted by Gasteiger charge is -2.02. The summed E-state index contributed by atoms with van der Waals surface area (Å²) in [4.78, 5) is 11.5. The lowest BCUT2D eigenvalue weighted by atomic mass is 10.1. The molecule has 2 N–H and O–H groups in total. The Kier molecular flexibility index (Phi) is 8.20. The van der Waals surface area contributed by atoms with E-state index in [1.54, 1.807) is 18.2 Å². The maximum atomic E-state index is 11.5. The van der Waals surface area contributed by atoms with Crippen molar-refractivity contribution in [3.8, 4) is 0 Å². The van der Waals surface area contributed by atoms with E-state index in [-0.39, 0.29) is 5.97 Å². The van der Waals surface area contributed by atoms with Gasteiger partial charge in [-0.1, -0.05) is 51.2 Å². The Labute approximate surface area is 121 Å². The van der Waals surface area contributed by atoms with Crippen LogP contribution in [0.15, 0.2) is 30.3 Å². The smallest absolute Gasteiger partial charge is 0.330 e. The third-order valence-corrected chi connectivity index (χ3v) is 3.09. The van der Waals surface area contributed by atoms with Gasteiger partial charge in [-0.2, -0.15) is 0 Å². The lowest BCUT2D eigenvalue weighted by molar-refractivity contribution is -0.137. The van der Waals surface area contributed by atoms with Crippen molar-refractivity contribution in [3.05, 3.63) is 35.9 Å². The molecule has 0 aromatic heterocycles. The number of benzene rings is 1. The summed E-state index contributed by atoms with van der Waals surface area (Å²) in [7, 11) is 0. The number of carbonyl (C=O) groups excluding carboxylic acids is 1. The van der Waals surface area contributed by atoms with Gasteiger partial charge in [0.25, 0.3) is 0 Å². The molecule has 0 amide bonds. The molecule has 1 rings (SSSR count). The Balaban J connectivity index is 2.12. The van der Waals surface area contributed by atoms with Crippen LogP contribution in [0.5, 0.6) is 0 Å². The topological polar surface area (TPSA) is 52.3 Å². The number of nitrogen functional groups attached to an aromatic ring is 1. The molecule has 0 atom stereocenters. The molecule has 0 radical (unpaired) electrons. The first-order chi connectivity index (χ1) is 9.72. The fourth-order valence-corrected chi connectivity index (χ4v) is 1.87. The van der Waals surface area contributed by atoms with Gasteiger partial charge in [-0.3, -0.25) is 0 Å². The molecule has 0 saturated carbocycles. The number of carbonyl (C=O) groups is 1. The minimum atomic E-state index is -0.282. The maximum Gasteiger partial charge on any atom is 0.330 e. The Hall–Kier alpha value is -1.77. The highest BCUT2D eigenvalue weighted by molar-refractivity contribution is 5.87. The molecule has 3 nitrogen and oxygen atoms in total. The summed E-state index contributed by atoms with van der Waals surface area (Å²) in [6.07, 6.45) is 10.3. The Morgan fingerprint density at radius 3 is 2.45 bits per heavy atom. The SMILES string of the molecule is CCCCCCCCOC(=O)/C=C/c1ccc(N)cc1.